The molecule has 1 fully saturated rings. The maximum absolute atomic E-state index is 10.8. The topological polar surface area (TPSA) is 29.1 Å². The molecule has 3 heteroatoms. The molecule has 0 aromatic rings. The van der Waals surface area contributed by atoms with E-state index in [1.54, 1.807) is 6.92 Å². The highest BCUT2D eigenvalue weighted by molar-refractivity contribution is 8.00. The predicted octanol–water partition coefficient (Wildman–Crippen LogP) is 1.70. The summed E-state index contributed by atoms with van der Waals surface area (Å²) >= 11 is 1.85. The summed E-state index contributed by atoms with van der Waals surface area (Å²) in [6.45, 7) is 1.58. The van der Waals surface area contributed by atoms with Gasteiger partial charge in [-0.15, -0.1) is 11.8 Å². The average molecular weight is 195 g/mol. The van der Waals surface area contributed by atoms with Gasteiger partial charge in [0.1, 0.15) is 0 Å². The Bertz CT molecular complexity index is 252. The summed E-state index contributed by atoms with van der Waals surface area (Å²) in [5.41, 5.74) is 0. The van der Waals surface area contributed by atoms with Crippen LogP contribution >= 0.6 is 11.8 Å². The average Bonchev–Trinajstić information content (AvgIpc) is 2.44. The molecule has 2 aliphatic rings. The predicted molar refractivity (Wildman–Crippen MR) is 55.4 cm³/mol. The van der Waals surface area contributed by atoms with Crippen molar-refractivity contribution in [3.8, 4) is 0 Å². The van der Waals surface area contributed by atoms with Crippen LogP contribution in [0.2, 0.25) is 0 Å². The van der Waals surface area contributed by atoms with Crippen molar-refractivity contribution in [2.24, 2.45) is 5.92 Å². The van der Waals surface area contributed by atoms with Crippen molar-refractivity contribution >= 4 is 17.7 Å². The first-order valence-electron chi connectivity index (χ1n) is 4.53. The first-order chi connectivity index (χ1) is 6.25. The van der Waals surface area contributed by atoms with E-state index in [4.69, 9.17) is 0 Å². The van der Waals surface area contributed by atoms with Gasteiger partial charge in [-0.3, -0.25) is 4.79 Å². The molecular weight excluding hydrogens is 182 g/mol. The van der Waals surface area contributed by atoms with E-state index in [1.165, 1.54) is 0 Å². The zero-order chi connectivity index (χ0) is 9.26. The Labute approximate surface area is 82.5 Å². The molecule has 3 atom stereocenters. The second kappa shape index (κ2) is 3.58. The van der Waals surface area contributed by atoms with E-state index in [9.17, 15) is 4.79 Å². The van der Waals surface area contributed by atoms with Gasteiger partial charge in [0.2, 0.25) is 5.91 Å². The molecule has 1 aliphatic carbocycles. The molecule has 70 valence electrons. The number of hydrogen-bond donors (Lipinski definition) is 1. The van der Waals surface area contributed by atoms with E-state index in [1.807, 2.05) is 11.8 Å². The molecule has 0 spiro atoms. The van der Waals surface area contributed by atoms with Gasteiger partial charge in [0.25, 0.3) is 0 Å². The molecule has 0 aromatic carbocycles. The number of allylic oxidation sites excluding steroid dienone is 3. The summed E-state index contributed by atoms with van der Waals surface area (Å²) in [4.78, 5) is 10.8. The third-order valence-corrected chi connectivity index (χ3v) is 3.82. The SMILES string of the molecule is CC(=O)NC1CC2C=CC=CC2S1. The van der Waals surface area contributed by atoms with Crippen LogP contribution in [0.5, 0.6) is 0 Å². The Morgan fingerprint density at radius 1 is 1.46 bits per heavy atom. The van der Waals surface area contributed by atoms with Crippen LogP contribution in [0.3, 0.4) is 0 Å². The van der Waals surface area contributed by atoms with Gasteiger partial charge >= 0.3 is 0 Å². The first kappa shape index (κ1) is 8.88. The molecule has 1 aliphatic heterocycles. The minimum Gasteiger partial charge on any atom is -0.345 e. The molecule has 0 saturated carbocycles. The molecule has 0 bridgehead atoms. The van der Waals surface area contributed by atoms with E-state index in [2.05, 4.69) is 29.6 Å². The largest absolute Gasteiger partial charge is 0.345 e. The number of thioether (sulfide) groups is 1. The summed E-state index contributed by atoms with van der Waals surface area (Å²) < 4.78 is 0. The van der Waals surface area contributed by atoms with Crippen molar-refractivity contribution in [1.82, 2.24) is 5.32 Å². The van der Waals surface area contributed by atoms with Crippen molar-refractivity contribution in [1.29, 1.82) is 0 Å². The zero-order valence-corrected chi connectivity index (χ0v) is 8.38. The highest BCUT2D eigenvalue weighted by Gasteiger charge is 2.32. The Morgan fingerprint density at radius 2 is 2.23 bits per heavy atom. The number of carbonyl (C=O) groups is 1. The monoisotopic (exact) mass is 195 g/mol. The molecule has 2 rings (SSSR count). The van der Waals surface area contributed by atoms with Crippen molar-refractivity contribution in [3.05, 3.63) is 24.3 Å². The number of rotatable bonds is 1. The molecule has 1 amide bonds. The van der Waals surface area contributed by atoms with Gasteiger partial charge in [0, 0.05) is 12.2 Å². The number of fused-ring (bicyclic) bond motifs is 1. The van der Waals surface area contributed by atoms with Crippen LogP contribution in [-0.4, -0.2) is 16.5 Å². The van der Waals surface area contributed by atoms with Crippen LogP contribution < -0.4 is 5.32 Å². The Hall–Kier alpha value is -0.700. The minimum absolute atomic E-state index is 0.0732. The lowest BCUT2D eigenvalue weighted by Gasteiger charge is -2.12. The quantitative estimate of drug-likeness (QED) is 0.690. The second-order valence-corrected chi connectivity index (χ2v) is 4.84. The molecule has 2 nitrogen and oxygen atoms in total. The lowest BCUT2D eigenvalue weighted by molar-refractivity contribution is -0.119. The molecule has 0 radical (unpaired) electrons. The minimum atomic E-state index is 0.0732. The summed E-state index contributed by atoms with van der Waals surface area (Å²) in [5.74, 6) is 0.691. The van der Waals surface area contributed by atoms with E-state index in [0.717, 1.165) is 6.42 Å². The van der Waals surface area contributed by atoms with Crippen LogP contribution in [0.25, 0.3) is 0 Å². The second-order valence-electron chi connectivity index (χ2n) is 3.46. The molecular formula is C10H13NOS. The van der Waals surface area contributed by atoms with Gasteiger partial charge in [0.05, 0.1) is 5.37 Å². The van der Waals surface area contributed by atoms with Crippen LogP contribution in [-0.2, 0) is 4.79 Å². The highest BCUT2D eigenvalue weighted by atomic mass is 32.2. The molecule has 13 heavy (non-hydrogen) atoms. The summed E-state index contributed by atoms with van der Waals surface area (Å²) in [5, 5.41) is 3.83. The van der Waals surface area contributed by atoms with Gasteiger partial charge < -0.3 is 5.32 Å². The Kier molecular flexibility index (Phi) is 2.44. The van der Waals surface area contributed by atoms with Crippen LogP contribution in [0.4, 0.5) is 0 Å². The summed E-state index contributed by atoms with van der Waals surface area (Å²) in [7, 11) is 0. The number of nitrogens with one attached hydrogen (secondary N) is 1. The highest BCUT2D eigenvalue weighted by Crippen LogP contribution is 2.40. The fourth-order valence-electron chi connectivity index (χ4n) is 1.80. The van der Waals surface area contributed by atoms with Crippen molar-refractivity contribution < 1.29 is 4.79 Å². The van der Waals surface area contributed by atoms with E-state index in [-0.39, 0.29) is 5.91 Å². The molecule has 3 unspecified atom stereocenters. The fraction of sp³-hybridized carbons (Fsp3) is 0.500. The lowest BCUT2D eigenvalue weighted by atomic mass is 9.97. The van der Waals surface area contributed by atoms with Gasteiger partial charge in [0.15, 0.2) is 0 Å². The van der Waals surface area contributed by atoms with Gasteiger partial charge in [-0.2, -0.15) is 0 Å². The standard InChI is InChI=1S/C10H13NOS/c1-7(12)11-10-6-8-4-2-3-5-9(8)13-10/h2-5,8-10H,6H2,1H3,(H,11,12). The third-order valence-electron chi connectivity index (χ3n) is 2.36. The lowest BCUT2D eigenvalue weighted by Crippen LogP contribution is -2.28. The zero-order valence-electron chi connectivity index (χ0n) is 7.57. The molecule has 1 saturated heterocycles. The van der Waals surface area contributed by atoms with E-state index >= 15 is 0 Å². The maximum atomic E-state index is 10.8. The van der Waals surface area contributed by atoms with Gasteiger partial charge in [-0.05, 0) is 12.3 Å². The van der Waals surface area contributed by atoms with Gasteiger partial charge in [-0.25, -0.2) is 0 Å². The van der Waals surface area contributed by atoms with E-state index < -0.39 is 0 Å². The van der Waals surface area contributed by atoms with Crippen LogP contribution in [0.1, 0.15) is 13.3 Å². The fourth-order valence-corrected chi connectivity index (χ4v) is 3.34. The summed E-state index contributed by atoms with van der Waals surface area (Å²) in [6, 6.07) is 0. The van der Waals surface area contributed by atoms with Crippen molar-refractivity contribution in [2.75, 3.05) is 0 Å². The van der Waals surface area contributed by atoms with Crippen molar-refractivity contribution in [3.63, 3.8) is 0 Å². The third kappa shape index (κ3) is 1.97. The first-order valence-corrected chi connectivity index (χ1v) is 5.47. The maximum Gasteiger partial charge on any atom is 0.217 e. The smallest absolute Gasteiger partial charge is 0.217 e. The molecule has 1 N–H and O–H groups in total. The Morgan fingerprint density at radius 3 is 2.92 bits per heavy atom. The van der Waals surface area contributed by atoms with Gasteiger partial charge in [-0.1, -0.05) is 24.3 Å². The molecule has 1 heterocycles. The number of carbonyl (C=O) groups excluding carboxylic acids is 1. The number of amides is 1. The van der Waals surface area contributed by atoms with Crippen LogP contribution in [0.15, 0.2) is 24.3 Å². The summed E-state index contributed by atoms with van der Waals surface area (Å²) in [6.07, 6.45) is 9.70. The normalized spacial score (nSPS) is 35.9. The Balaban J connectivity index is 1.96. The van der Waals surface area contributed by atoms with Crippen molar-refractivity contribution in [2.45, 2.75) is 24.0 Å². The van der Waals surface area contributed by atoms with E-state index in [0.29, 0.717) is 16.5 Å². The molecule has 0 aromatic heterocycles. The number of hydrogen-bond acceptors (Lipinski definition) is 2. The van der Waals surface area contributed by atoms with Crippen LogP contribution in [0, 0.1) is 5.92 Å².